The van der Waals surface area contributed by atoms with Crippen molar-refractivity contribution < 1.29 is 5.11 Å². The van der Waals surface area contributed by atoms with Crippen LogP contribution in [0.25, 0.3) is 27.9 Å². The Morgan fingerprint density at radius 2 is 1.75 bits per heavy atom. The van der Waals surface area contributed by atoms with E-state index in [0.29, 0.717) is 5.82 Å². The lowest BCUT2D eigenvalue weighted by molar-refractivity contribution is 0.475. The Morgan fingerprint density at radius 1 is 0.950 bits per heavy atom. The summed E-state index contributed by atoms with van der Waals surface area (Å²) in [6, 6.07) is 14.7. The third-order valence-electron chi connectivity index (χ3n) is 3.21. The molecular formula is C15H10N4O. The fraction of sp³-hybridized carbons (Fsp3) is 0. The van der Waals surface area contributed by atoms with Crippen LogP contribution in [0.2, 0.25) is 0 Å². The van der Waals surface area contributed by atoms with Gasteiger partial charge in [0.1, 0.15) is 12.1 Å². The van der Waals surface area contributed by atoms with E-state index in [1.165, 1.54) is 0 Å². The van der Waals surface area contributed by atoms with Crippen LogP contribution < -0.4 is 0 Å². The molecule has 5 nitrogen and oxygen atoms in total. The van der Waals surface area contributed by atoms with Crippen molar-refractivity contribution in [3.05, 3.63) is 54.9 Å². The molecule has 0 saturated carbocycles. The van der Waals surface area contributed by atoms with Crippen molar-refractivity contribution in [3.63, 3.8) is 0 Å². The zero-order chi connectivity index (χ0) is 13.5. The molecule has 2 aromatic heterocycles. The molecule has 20 heavy (non-hydrogen) atoms. The molecule has 0 bridgehead atoms. The number of para-hydroxylation sites is 1. The molecule has 0 atom stereocenters. The van der Waals surface area contributed by atoms with Gasteiger partial charge in [-0.3, -0.25) is 0 Å². The molecule has 0 unspecified atom stereocenters. The third-order valence-corrected chi connectivity index (χ3v) is 3.21. The van der Waals surface area contributed by atoms with Crippen molar-refractivity contribution in [1.82, 2.24) is 19.6 Å². The summed E-state index contributed by atoms with van der Waals surface area (Å²) in [7, 11) is 0. The van der Waals surface area contributed by atoms with Crippen LogP contribution in [0.5, 0.6) is 5.75 Å². The van der Waals surface area contributed by atoms with Crippen LogP contribution in [0.4, 0.5) is 0 Å². The van der Waals surface area contributed by atoms with Crippen molar-refractivity contribution in [1.29, 1.82) is 0 Å². The lowest BCUT2D eigenvalue weighted by Gasteiger charge is -1.96. The zero-order valence-corrected chi connectivity index (χ0v) is 10.4. The van der Waals surface area contributed by atoms with E-state index in [1.54, 1.807) is 35.1 Å². The molecule has 2 heterocycles. The molecule has 0 saturated heterocycles. The van der Waals surface area contributed by atoms with Gasteiger partial charge in [0.05, 0.1) is 5.52 Å². The Balaban J connectivity index is 1.98. The van der Waals surface area contributed by atoms with E-state index in [9.17, 15) is 5.11 Å². The maximum Gasteiger partial charge on any atom is 0.182 e. The van der Waals surface area contributed by atoms with Crippen molar-refractivity contribution >= 4 is 16.6 Å². The summed E-state index contributed by atoms with van der Waals surface area (Å²) in [4.78, 5) is 8.92. The molecule has 0 aliphatic rings. The van der Waals surface area contributed by atoms with Gasteiger partial charge in [-0.25, -0.2) is 14.5 Å². The van der Waals surface area contributed by atoms with Crippen LogP contribution in [0.3, 0.4) is 0 Å². The van der Waals surface area contributed by atoms with Gasteiger partial charge in [0.2, 0.25) is 0 Å². The Bertz CT molecular complexity index is 912. The van der Waals surface area contributed by atoms with E-state index < -0.39 is 0 Å². The first kappa shape index (κ1) is 10.9. The number of benzene rings is 2. The fourth-order valence-electron chi connectivity index (χ4n) is 2.21. The number of hydrogen-bond acceptors (Lipinski definition) is 4. The predicted molar refractivity (Wildman–Crippen MR) is 75.4 cm³/mol. The first-order valence-electron chi connectivity index (χ1n) is 6.21. The van der Waals surface area contributed by atoms with Gasteiger partial charge in [-0.15, -0.1) is 5.10 Å². The molecule has 0 amide bonds. The third kappa shape index (κ3) is 1.60. The van der Waals surface area contributed by atoms with Crippen LogP contribution in [-0.4, -0.2) is 24.7 Å². The minimum Gasteiger partial charge on any atom is -0.508 e. The highest BCUT2D eigenvalue weighted by Gasteiger charge is 2.09. The van der Waals surface area contributed by atoms with Crippen molar-refractivity contribution in [3.8, 4) is 17.1 Å². The first-order valence-corrected chi connectivity index (χ1v) is 6.21. The number of phenolic OH excluding ortho intramolecular Hbond substituents is 1. The SMILES string of the molecule is Oc1ccc(-c2nc3c4ccccc4ncn3n2)cc1. The van der Waals surface area contributed by atoms with Crippen molar-refractivity contribution in [2.24, 2.45) is 0 Å². The maximum absolute atomic E-state index is 9.33. The maximum atomic E-state index is 9.33. The normalized spacial score (nSPS) is 11.2. The van der Waals surface area contributed by atoms with E-state index in [0.717, 1.165) is 22.1 Å². The van der Waals surface area contributed by atoms with Crippen LogP contribution in [0, 0.1) is 0 Å². The van der Waals surface area contributed by atoms with Gasteiger partial charge in [-0.05, 0) is 36.4 Å². The molecule has 0 radical (unpaired) electrons. The van der Waals surface area contributed by atoms with E-state index in [1.807, 2.05) is 24.3 Å². The quantitative estimate of drug-likeness (QED) is 0.572. The second-order valence-electron chi connectivity index (χ2n) is 4.51. The van der Waals surface area contributed by atoms with Gasteiger partial charge in [-0.1, -0.05) is 12.1 Å². The number of fused-ring (bicyclic) bond motifs is 3. The molecule has 0 aliphatic heterocycles. The summed E-state index contributed by atoms with van der Waals surface area (Å²) in [5, 5.41) is 14.7. The molecule has 0 spiro atoms. The standard InChI is InChI=1S/C15H10N4O/c20-11-7-5-10(6-8-11)14-17-15-12-3-1-2-4-13(12)16-9-19(15)18-14/h1-9,20H. The second kappa shape index (κ2) is 4.03. The number of aromatic nitrogens is 4. The molecule has 1 N–H and O–H groups in total. The lowest BCUT2D eigenvalue weighted by atomic mass is 10.2. The largest absolute Gasteiger partial charge is 0.508 e. The fourth-order valence-corrected chi connectivity index (χ4v) is 2.21. The van der Waals surface area contributed by atoms with Crippen LogP contribution >= 0.6 is 0 Å². The first-order chi connectivity index (χ1) is 9.81. The summed E-state index contributed by atoms with van der Waals surface area (Å²) in [6.45, 7) is 0. The summed E-state index contributed by atoms with van der Waals surface area (Å²) < 4.78 is 1.67. The molecule has 5 heteroatoms. The van der Waals surface area contributed by atoms with Crippen LogP contribution in [0.1, 0.15) is 0 Å². The van der Waals surface area contributed by atoms with Crippen molar-refractivity contribution in [2.75, 3.05) is 0 Å². The topological polar surface area (TPSA) is 63.3 Å². The Hall–Kier alpha value is -2.95. The lowest BCUT2D eigenvalue weighted by Crippen LogP contribution is -1.90. The average Bonchev–Trinajstić information content (AvgIpc) is 2.92. The number of hydrogen-bond donors (Lipinski definition) is 1. The summed E-state index contributed by atoms with van der Waals surface area (Å²) in [5.41, 5.74) is 2.53. The van der Waals surface area contributed by atoms with Gasteiger partial charge < -0.3 is 5.11 Å². The number of aromatic hydroxyl groups is 1. The highest BCUT2D eigenvalue weighted by molar-refractivity contribution is 5.91. The van der Waals surface area contributed by atoms with E-state index >= 15 is 0 Å². The average molecular weight is 262 g/mol. The van der Waals surface area contributed by atoms with Gasteiger partial charge in [0, 0.05) is 10.9 Å². The van der Waals surface area contributed by atoms with Crippen LogP contribution in [-0.2, 0) is 0 Å². The number of phenols is 1. The van der Waals surface area contributed by atoms with E-state index in [2.05, 4.69) is 15.1 Å². The molecule has 0 aliphatic carbocycles. The van der Waals surface area contributed by atoms with E-state index in [-0.39, 0.29) is 5.75 Å². The Morgan fingerprint density at radius 3 is 2.60 bits per heavy atom. The number of rotatable bonds is 1. The van der Waals surface area contributed by atoms with Crippen molar-refractivity contribution in [2.45, 2.75) is 0 Å². The zero-order valence-electron chi connectivity index (χ0n) is 10.4. The Kier molecular flexibility index (Phi) is 2.20. The van der Waals surface area contributed by atoms with Crippen LogP contribution in [0.15, 0.2) is 54.9 Å². The molecule has 96 valence electrons. The Labute approximate surface area is 114 Å². The second-order valence-corrected chi connectivity index (χ2v) is 4.51. The minimum absolute atomic E-state index is 0.227. The molecule has 0 fully saturated rings. The molecule has 2 aromatic carbocycles. The summed E-state index contributed by atoms with van der Waals surface area (Å²) in [5.74, 6) is 0.841. The smallest absolute Gasteiger partial charge is 0.182 e. The highest BCUT2D eigenvalue weighted by atomic mass is 16.3. The van der Waals surface area contributed by atoms with Gasteiger partial charge >= 0.3 is 0 Å². The highest BCUT2D eigenvalue weighted by Crippen LogP contribution is 2.22. The molecular weight excluding hydrogens is 252 g/mol. The summed E-state index contributed by atoms with van der Waals surface area (Å²) >= 11 is 0. The molecule has 4 aromatic rings. The van der Waals surface area contributed by atoms with Gasteiger partial charge in [0.15, 0.2) is 11.5 Å². The summed E-state index contributed by atoms with van der Waals surface area (Å²) in [6.07, 6.45) is 1.66. The monoisotopic (exact) mass is 262 g/mol. The van der Waals surface area contributed by atoms with Gasteiger partial charge in [-0.2, -0.15) is 0 Å². The molecule has 4 rings (SSSR count). The van der Waals surface area contributed by atoms with E-state index in [4.69, 9.17) is 0 Å². The van der Waals surface area contributed by atoms with Gasteiger partial charge in [0.25, 0.3) is 0 Å². The predicted octanol–water partition coefficient (Wildman–Crippen LogP) is 2.65. The number of nitrogens with zero attached hydrogens (tertiary/aromatic N) is 4. The minimum atomic E-state index is 0.227.